The Labute approximate surface area is 73.8 Å². The van der Waals surface area contributed by atoms with E-state index in [9.17, 15) is 4.39 Å². The van der Waals surface area contributed by atoms with Crippen LogP contribution in [-0.4, -0.2) is 4.98 Å². The summed E-state index contributed by atoms with van der Waals surface area (Å²) in [6, 6.07) is 4.88. The van der Waals surface area contributed by atoms with Gasteiger partial charge in [0.05, 0.1) is 5.02 Å². The lowest BCUT2D eigenvalue weighted by Gasteiger charge is -1.98. The summed E-state index contributed by atoms with van der Waals surface area (Å²) in [6.45, 7) is 0. The fourth-order valence-corrected chi connectivity index (χ4v) is 1.27. The van der Waals surface area contributed by atoms with Gasteiger partial charge in [0.15, 0.2) is 0 Å². The van der Waals surface area contributed by atoms with E-state index in [1.165, 1.54) is 6.07 Å². The number of pyridine rings is 1. The number of hydrogen-bond donors (Lipinski definition) is 0. The smallest absolute Gasteiger partial charge is 0.149 e. The molecule has 1 aromatic carbocycles. The molecule has 0 bridgehead atoms. The lowest BCUT2D eigenvalue weighted by molar-refractivity contribution is 0.640. The molecule has 12 heavy (non-hydrogen) atoms. The largest absolute Gasteiger partial charge is 0.264 e. The summed E-state index contributed by atoms with van der Waals surface area (Å²) in [5.74, 6) is -0.378. The van der Waals surface area contributed by atoms with Crippen LogP contribution in [0.4, 0.5) is 4.39 Å². The Hall–Kier alpha value is -1.15. The minimum Gasteiger partial charge on any atom is -0.264 e. The van der Waals surface area contributed by atoms with Crippen LogP contribution < -0.4 is 0 Å². The third kappa shape index (κ3) is 1.04. The predicted molar refractivity (Wildman–Crippen MR) is 46.7 cm³/mol. The average molecular weight is 182 g/mol. The van der Waals surface area contributed by atoms with Crippen molar-refractivity contribution in [1.29, 1.82) is 0 Å². The maximum absolute atomic E-state index is 13.2. The molecule has 2 rings (SSSR count). The van der Waals surface area contributed by atoms with Gasteiger partial charge in [-0.3, -0.25) is 4.98 Å². The monoisotopic (exact) mass is 181 g/mol. The van der Waals surface area contributed by atoms with Gasteiger partial charge in [-0.05, 0) is 12.1 Å². The van der Waals surface area contributed by atoms with Crippen LogP contribution in [0.1, 0.15) is 0 Å². The third-order valence-corrected chi connectivity index (χ3v) is 2.00. The first-order valence-electron chi connectivity index (χ1n) is 3.47. The van der Waals surface area contributed by atoms with E-state index in [0.717, 1.165) is 5.39 Å². The Kier molecular flexibility index (Phi) is 1.70. The van der Waals surface area contributed by atoms with Gasteiger partial charge in [0.25, 0.3) is 0 Å². The first-order chi connectivity index (χ1) is 5.79. The molecule has 0 saturated heterocycles. The zero-order valence-electron chi connectivity index (χ0n) is 6.09. The van der Waals surface area contributed by atoms with Gasteiger partial charge in [-0.25, -0.2) is 4.39 Å². The van der Waals surface area contributed by atoms with Gasteiger partial charge in [0.1, 0.15) is 5.82 Å². The van der Waals surface area contributed by atoms with Gasteiger partial charge >= 0.3 is 0 Å². The van der Waals surface area contributed by atoms with Crippen molar-refractivity contribution in [3.63, 3.8) is 0 Å². The van der Waals surface area contributed by atoms with E-state index in [1.54, 1.807) is 24.5 Å². The van der Waals surface area contributed by atoms with Crippen LogP contribution in [0, 0.1) is 5.82 Å². The van der Waals surface area contributed by atoms with Crippen molar-refractivity contribution < 1.29 is 4.39 Å². The highest BCUT2D eigenvalue weighted by Crippen LogP contribution is 2.23. The molecule has 2 aromatic rings. The van der Waals surface area contributed by atoms with Gasteiger partial charge in [-0.15, -0.1) is 0 Å². The molecule has 0 amide bonds. The maximum Gasteiger partial charge on any atom is 0.149 e. The number of halogens is 2. The van der Waals surface area contributed by atoms with Crippen LogP contribution in [0.15, 0.2) is 30.6 Å². The summed E-state index contributed by atoms with van der Waals surface area (Å²) in [5.41, 5.74) is 0. The Balaban J connectivity index is 2.91. The summed E-state index contributed by atoms with van der Waals surface area (Å²) >= 11 is 5.59. The molecule has 0 spiro atoms. The van der Waals surface area contributed by atoms with E-state index in [2.05, 4.69) is 4.98 Å². The third-order valence-electron chi connectivity index (χ3n) is 1.71. The second-order valence-corrected chi connectivity index (χ2v) is 2.87. The quantitative estimate of drug-likeness (QED) is 0.609. The zero-order chi connectivity index (χ0) is 8.55. The number of nitrogens with zero attached hydrogens (tertiary/aromatic N) is 1. The molecule has 0 aliphatic rings. The molecule has 1 nitrogen and oxygen atoms in total. The van der Waals surface area contributed by atoms with E-state index < -0.39 is 0 Å². The normalized spacial score (nSPS) is 10.5. The standard InChI is InChI=1S/C9H5ClFN/c10-8-2-1-6-5-12-4-3-7(6)9(8)11/h1-5H. The average Bonchev–Trinajstić information content (AvgIpc) is 2.12. The predicted octanol–water partition coefficient (Wildman–Crippen LogP) is 3.03. The topological polar surface area (TPSA) is 12.9 Å². The molecule has 0 atom stereocenters. The summed E-state index contributed by atoms with van der Waals surface area (Å²) in [7, 11) is 0. The lowest BCUT2D eigenvalue weighted by atomic mass is 10.2. The Morgan fingerprint density at radius 1 is 1.25 bits per heavy atom. The van der Waals surface area contributed by atoms with Crippen molar-refractivity contribution in [2.24, 2.45) is 0 Å². The molecule has 1 heterocycles. The van der Waals surface area contributed by atoms with Crippen molar-refractivity contribution in [2.75, 3.05) is 0 Å². The van der Waals surface area contributed by atoms with Crippen molar-refractivity contribution in [1.82, 2.24) is 4.98 Å². The Morgan fingerprint density at radius 2 is 2.08 bits per heavy atom. The van der Waals surface area contributed by atoms with E-state index in [0.29, 0.717) is 5.39 Å². The molecule has 0 aliphatic heterocycles. The second kappa shape index (κ2) is 2.72. The van der Waals surface area contributed by atoms with Crippen molar-refractivity contribution >= 4 is 22.4 Å². The minimum absolute atomic E-state index is 0.147. The highest BCUT2D eigenvalue weighted by molar-refractivity contribution is 6.31. The Morgan fingerprint density at radius 3 is 2.92 bits per heavy atom. The molecule has 0 aliphatic carbocycles. The molecule has 3 heteroatoms. The Bertz CT molecular complexity index is 428. The molecular formula is C9H5ClFN. The molecule has 0 radical (unpaired) electrons. The number of aromatic nitrogens is 1. The molecule has 0 saturated carbocycles. The van der Waals surface area contributed by atoms with Crippen LogP contribution in [0.2, 0.25) is 5.02 Å². The van der Waals surface area contributed by atoms with E-state index in [1.807, 2.05) is 0 Å². The summed E-state index contributed by atoms with van der Waals surface area (Å²) in [6.07, 6.45) is 3.15. The number of fused-ring (bicyclic) bond motifs is 1. The second-order valence-electron chi connectivity index (χ2n) is 2.46. The highest BCUT2D eigenvalue weighted by Gasteiger charge is 2.03. The van der Waals surface area contributed by atoms with E-state index in [-0.39, 0.29) is 10.8 Å². The first-order valence-corrected chi connectivity index (χ1v) is 3.84. The van der Waals surface area contributed by atoms with Crippen LogP contribution in [0.5, 0.6) is 0 Å². The van der Waals surface area contributed by atoms with Crippen molar-refractivity contribution in [3.8, 4) is 0 Å². The highest BCUT2D eigenvalue weighted by atomic mass is 35.5. The minimum atomic E-state index is -0.378. The van der Waals surface area contributed by atoms with Crippen molar-refractivity contribution in [3.05, 3.63) is 41.4 Å². The summed E-state index contributed by atoms with van der Waals surface area (Å²) in [4.78, 5) is 3.87. The fraction of sp³-hybridized carbons (Fsp3) is 0. The molecule has 0 unspecified atom stereocenters. The van der Waals surface area contributed by atoms with E-state index in [4.69, 9.17) is 11.6 Å². The van der Waals surface area contributed by atoms with Crippen LogP contribution >= 0.6 is 11.6 Å². The number of hydrogen-bond acceptors (Lipinski definition) is 1. The maximum atomic E-state index is 13.2. The SMILES string of the molecule is Fc1c(Cl)ccc2cnccc12. The van der Waals surface area contributed by atoms with Crippen LogP contribution in [0.3, 0.4) is 0 Å². The van der Waals surface area contributed by atoms with Gasteiger partial charge in [0.2, 0.25) is 0 Å². The molecule has 60 valence electrons. The molecular weight excluding hydrogens is 177 g/mol. The number of benzene rings is 1. The van der Waals surface area contributed by atoms with Gasteiger partial charge in [-0.2, -0.15) is 0 Å². The molecule has 1 aromatic heterocycles. The fourth-order valence-electron chi connectivity index (χ4n) is 1.10. The van der Waals surface area contributed by atoms with Crippen molar-refractivity contribution in [2.45, 2.75) is 0 Å². The number of rotatable bonds is 0. The van der Waals surface area contributed by atoms with Crippen LogP contribution in [-0.2, 0) is 0 Å². The summed E-state index contributed by atoms with van der Waals surface area (Å²) < 4.78 is 13.2. The first kappa shape index (κ1) is 7.50. The van der Waals surface area contributed by atoms with Gasteiger partial charge in [0, 0.05) is 23.2 Å². The lowest BCUT2D eigenvalue weighted by Crippen LogP contribution is -1.81. The summed E-state index contributed by atoms with van der Waals surface area (Å²) in [5, 5.41) is 1.42. The van der Waals surface area contributed by atoms with Gasteiger partial charge in [-0.1, -0.05) is 17.7 Å². The molecule has 0 fully saturated rings. The van der Waals surface area contributed by atoms with Crippen LogP contribution in [0.25, 0.3) is 10.8 Å². The zero-order valence-corrected chi connectivity index (χ0v) is 6.85. The van der Waals surface area contributed by atoms with Gasteiger partial charge < -0.3 is 0 Å². The molecule has 0 N–H and O–H groups in total. The van der Waals surface area contributed by atoms with E-state index >= 15 is 0 Å².